The van der Waals surface area contributed by atoms with Gasteiger partial charge in [-0.2, -0.15) is 0 Å². The van der Waals surface area contributed by atoms with E-state index in [1.165, 1.54) is 6.42 Å². The molecule has 1 N–H and O–H groups in total. The number of hydrogen-bond donors (Lipinski definition) is 1. The fraction of sp³-hybridized carbons (Fsp3) is 0.545. The molecule has 2 nitrogen and oxygen atoms in total. The number of carbonyl (C=O) groups excluding carboxylic acids is 1. The molecule has 1 amide bonds. The van der Waals surface area contributed by atoms with Crippen LogP contribution in [0, 0.1) is 11.8 Å². The van der Waals surface area contributed by atoms with E-state index in [2.05, 4.69) is 17.2 Å². The third-order valence-corrected chi connectivity index (χ3v) is 2.10. The Morgan fingerprint density at radius 1 is 1.62 bits per heavy atom. The van der Waals surface area contributed by atoms with Crippen molar-refractivity contribution in [2.24, 2.45) is 0 Å². The van der Waals surface area contributed by atoms with E-state index in [0.717, 1.165) is 24.8 Å². The van der Waals surface area contributed by atoms with Gasteiger partial charge in [0.25, 0.3) is 0 Å². The number of nitrogens with one attached hydrogen (secondary N) is 1. The zero-order chi connectivity index (χ0) is 9.52. The molecule has 0 spiro atoms. The maximum atomic E-state index is 11.4. The summed E-state index contributed by atoms with van der Waals surface area (Å²) in [7, 11) is 0. The Balaban J connectivity index is 2.36. The highest BCUT2D eigenvalue weighted by Gasteiger charge is 2.10. The van der Waals surface area contributed by atoms with Crippen LogP contribution in [-0.4, -0.2) is 12.5 Å². The molecule has 0 bridgehead atoms. The maximum absolute atomic E-state index is 11.4. The lowest BCUT2D eigenvalue weighted by Gasteiger charge is -2.11. The molecule has 0 unspecified atom stereocenters. The van der Waals surface area contributed by atoms with E-state index in [9.17, 15) is 4.79 Å². The minimum absolute atomic E-state index is 0.0578. The van der Waals surface area contributed by atoms with Gasteiger partial charge in [-0.3, -0.25) is 4.79 Å². The zero-order valence-corrected chi connectivity index (χ0v) is 8.02. The van der Waals surface area contributed by atoms with Gasteiger partial charge in [0.2, 0.25) is 5.91 Å². The molecule has 13 heavy (non-hydrogen) atoms. The normalized spacial score (nSPS) is 15.3. The smallest absolute Gasteiger partial charge is 0.247 e. The van der Waals surface area contributed by atoms with Gasteiger partial charge in [0.15, 0.2) is 0 Å². The van der Waals surface area contributed by atoms with Crippen LogP contribution in [0.3, 0.4) is 0 Å². The van der Waals surface area contributed by atoms with Crippen LogP contribution < -0.4 is 5.32 Å². The maximum Gasteiger partial charge on any atom is 0.247 e. The molecule has 1 aliphatic carbocycles. The highest BCUT2D eigenvalue weighted by molar-refractivity contribution is 5.93. The third kappa shape index (κ3) is 3.33. The van der Waals surface area contributed by atoms with E-state index < -0.39 is 0 Å². The monoisotopic (exact) mass is 177 g/mol. The van der Waals surface area contributed by atoms with Crippen LogP contribution in [0.2, 0.25) is 0 Å². The molecule has 0 fully saturated rings. The van der Waals surface area contributed by atoms with Crippen LogP contribution in [0.5, 0.6) is 0 Å². The topological polar surface area (TPSA) is 29.1 Å². The van der Waals surface area contributed by atoms with Crippen molar-refractivity contribution in [3.8, 4) is 11.8 Å². The van der Waals surface area contributed by atoms with Crippen LogP contribution >= 0.6 is 0 Å². The Hall–Kier alpha value is -1.23. The Labute approximate surface area is 79.4 Å². The quantitative estimate of drug-likeness (QED) is 0.638. The Morgan fingerprint density at radius 3 is 3.08 bits per heavy atom. The summed E-state index contributed by atoms with van der Waals surface area (Å²) in [5, 5.41) is 2.77. The summed E-state index contributed by atoms with van der Waals surface area (Å²) in [6.45, 7) is 2.23. The molecule has 0 aromatic heterocycles. The van der Waals surface area contributed by atoms with E-state index in [0.29, 0.717) is 6.54 Å². The first-order valence-corrected chi connectivity index (χ1v) is 4.71. The van der Waals surface area contributed by atoms with Gasteiger partial charge in [-0.15, -0.1) is 5.92 Å². The minimum Gasteiger partial charge on any atom is -0.341 e. The van der Waals surface area contributed by atoms with Gasteiger partial charge in [0.1, 0.15) is 0 Å². The second kappa shape index (κ2) is 5.42. The highest BCUT2D eigenvalue weighted by atomic mass is 16.1. The molecular formula is C11H15NO. The Bertz CT molecular complexity index is 268. The van der Waals surface area contributed by atoms with Crippen molar-refractivity contribution < 1.29 is 4.79 Å². The summed E-state index contributed by atoms with van der Waals surface area (Å²) in [6.07, 6.45) is 6.36. The number of hydrogen-bond acceptors (Lipinski definition) is 1. The third-order valence-electron chi connectivity index (χ3n) is 2.10. The van der Waals surface area contributed by atoms with Crippen molar-refractivity contribution in [3.63, 3.8) is 0 Å². The van der Waals surface area contributed by atoms with Gasteiger partial charge >= 0.3 is 0 Å². The Kier molecular flexibility index (Phi) is 4.11. The first kappa shape index (κ1) is 9.85. The molecule has 1 rings (SSSR count). The van der Waals surface area contributed by atoms with Gasteiger partial charge in [-0.1, -0.05) is 12.0 Å². The number of rotatable bonds is 2. The van der Waals surface area contributed by atoms with Crippen LogP contribution in [-0.2, 0) is 4.79 Å². The predicted molar refractivity (Wildman–Crippen MR) is 53.0 cm³/mol. The highest BCUT2D eigenvalue weighted by Crippen LogP contribution is 2.16. The fourth-order valence-corrected chi connectivity index (χ4v) is 1.37. The van der Waals surface area contributed by atoms with E-state index in [1.807, 2.05) is 6.08 Å². The lowest BCUT2D eigenvalue weighted by molar-refractivity contribution is -0.117. The summed E-state index contributed by atoms with van der Waals surface area (Å²) in [5.41, 5.74) is 0.934. The second-order valence-electron chi connectivity index (χ2n) is 3.08. The molecule has 0 aromatic carbocycles. The SMILES string of the molecule is CC#CCNC(=O)C1=CCCCC1. The predicted octanol–water partition coefficient (Wildman–Crippen LogP) is 1.63. The molecule has 0 heterocycles. The van der Waals surface area contributed by atoms with Crippen LogP contribution in [0.4, 0.5) is 0 Å². The summed E-state index contributed by atoms with van der Waals surface area (Å²) in [5.74, 6) is 5.61. The molecule has 2 heteroatoms. The van der Waals surface area contributed by atoms with Gasteiger partial charge in [0, 0.05) is 5.57 Å². The van der Waals surface area contributed by atoms with Crippen LogP contribution in [0.15, 0.2) is 11.6 Å². The standard InChI is InChI=1S/C11H15NO/c1-2-3-9-12-11(13)10-7-5-4-6-8-10/h7H,4-6,8-9H2,1H3,(H,12,13). The average molecular weight is 177 g/mol. The largest absolute Gasteiger partial charge is 0.341 e. The Morgan fingerprint density at radius 2 is 2.46 bits per heavy atom. The molecule has 0 radical (unpaired) electrons. The summed E-state index contributed by atoms with van der Waals surface area (Å²) in [6, 6.07) is 0. The van der Waals surface area contributed by atoms with Gasteiger partial charge in [-0.25, -0.2) is 0 Å². The molecular weight excluding hydrogens is 162 g/mol. The van der Waals surface area contributed by atoms with Crippen LogP contribution in [0.25, 0.3) is 0 Å². The van der Waals surface area contributed by atoms with Gasteiger partial charge in [0.05, 0.1) is 6.54 Å². The van der Waals surface area contributed by atoms with E-state index >= 15 is 0 Å². The molecule has 0 saturated heterocycles. The van der Waals surface area contributed by atoms with E-state index in [-0.39, 0.29) is 5.91 Å². The average Bonchev–Trinajstić information content (AvgIpc) is 2.19. The fourth-order valence-electron chi connectivity index (χ4n) is 1.37. The lowest BCUT2D eigenvalue weighted by Crippen LogP contribution is -2.25. The molecule has 0 saturated carbocycles. The van der Waals surface area contributed by atoms with Gasteiger partial charge in [-0.05, 0) is 32.6 Å². The van der Waals surface area contributed by atoms with E-state index in [1.54, 1.807) is 6.92 Å². The van der Waals surface area contributed by atoms with Crippen molar-refractivity contribution in [3.05, 3.63) is 11.6 Å². The van der Waals surface area contributed by atoms with Crippen molar-refractivity contribution in [2.75, 3.05) is 6.54 Å². The van der Waals surface area contributed by atoms with Crippen molar-refractivity contribution in [2.45, 2.75) is 32.6 Å². The molecule has 0 atom stereocenters. The molecule has 70 valence electrons. The zero-order valence-electron chi connectivity index (χ0n) is 8.02. The minimum atomic E-state index is 0.0578. The summed E-state index contributed by atoms with van der Waals surface area (Å²) < 4.78 is 0. The second-order valence-corrected chi connectivity index (χ2v) is 3.08. The summed E-state index contributed by atoms with van der Waals surface area (Å²) >= 11 is 0. The number of amides is 1. The van der Waals surface area contributed by atoms with E-state index in [4.69, 9.17) is 0 Å². The van der Waals surface area contributed by atoms with Crippen molar-refractivity contribution in [1.29, 1.82) is 0 Å². The number of carbonyl (C=O) groups is 1. The van der Waals surface area contributed by atoms with Crippen molar-refractivity contribution >= 4 is 5.91 Å². The molecule has 1 aliphatic rings. The summed E-state index contributed by atoms with van der Waals surface area (Å²) in [4.78, 5) is 11.4. The first-order valence-electron chi connectivity index (χ1n) is 4.71. The molecule has 0 aromatic rings. The lowest BCUT2D eigenvalue weighted by atomic mass is 9.99. The van der Waals surface area contributed by atoms with Crippen LogP contribution in [0.1, 0.15) is 32.6 Å². The first-order chi connectivity index (χ1) is 6.34. The molecule has 0 aliphatic heterocycles. The van der Waals surface area contributed by atoms with Crippen molar-refractivity contribution in [1.82, 2.24) is 5.32 Å². The van der Waals surface area contributed by atoms with Gasteiger partial charge < -0.3 is 5.32 Å². The number of allylic oxidation sites excluding steroid dienone is 1.